The molecule has 0 radical (unpaired) electrons. The minimum Gasteiger partial charge on any atom is -0.322 e. The second kappa shape index (κ2) is 3.28. The number of hydrogen-bond donors (Lipinski definition) is 1. The average Bonchev–Trinajstić information content (AvgIpc) is 2.11. The van der Waals surface area contributed by atoms with E-state index in [1.165, 1.54) is 11.1 Å². The highest BCUT2D eigenvalue weighted by Gasteiger charge is 2.14. The smallest absolute Gasteiger partial charge is 0.0349 e. The van der Waals surface area contributed by atoms with Gasteiger partial charge in [0.05, 0.1) is 0 Å². The summed E-state index contributed by atoms with van der Waals surface area (Å²) in [6.45, 7) is 6.17. The van der Waals surface area contributed by atoms with Gasteiger partial charge in [-0.05, 0) is 32.8 Å². The molecule has 0 aromatic carbocycles. The summed E-state index contributed by atoms with van der Waals surface area (Å²) in [5.41, 5.74) is 8.30. The summed E-state index contributed by atoms with van der Waals surface area (Å²) in [6, 6.07) is 0. The van der Waals surface area contributed by atoms with Gasteiger partial charge in [0.15, 0.2) is 0 Å². The van der Waals surface area contributed by atoms with E-state index in [0.29, 0.717) is 0 Å². The van der Waals surface area contributed by atoms with E-state index >= 15 is 0 Å². The Morgan fingerprint density at radius 3 is 2.50 bits per heavy atom. The molecule has 0 aromatic heterocycles. The van der Waals surface area contributed by atoms with Gasteiger partial charge in [-0.15, -0.1) is 0 Å². The van der Waals surface area contributed by atoms with Crippen LogP contribution in [0, 0.1) is 0 Å². The predicted molar refractivity (Wildman–Crippen MR) is 53.9 cm³/mol. The SMILES string of the molecule is CC1=CCC=C(C(C)(C)N)C=C1. The molecule has 1 aliphatic carbocycles. The minimum absolute atomic E-state index is 0.213. The van der Waals surface area contributed by atoms with Gasteiger partial charge in [0, 0.05) is 5.54 Å². The van der Waals surface area contributed by atoms with Crippen LogP contribution in [-0.2, 0) is 0 Å². The Balaban J connectivity index is 2.85. The van der Waals surface area contributed by atoms with E-state index in [2.05, 4.69) is 31.2 Å². The van der Waals surface area contributed by atoms with E-state index < -0.39 is 0 Å². The summed E-state index contributed by atoms with van der Waals surface area (Å²) in [4.78, 5) is 0. The summed E-state index contributed by atoms with van der Waals surface area (Å²) >= 11 is 0. The molecule has 0 fully saturated rings. The van der Waals surface area contributed by atoms with E-state index in [9.17, 15) is 0 Å². The molecule has 0 heterocycles. The Kier molecular flexibility index (Phi) is 2.53. The van der Waals surface area contributed by atoms with Crippen LogP contribution in [0.15, 0.2) is 35.5 Å². The zero-order chi connectivity index (χ0) is 9.19. The lowest BCUT2D eigenvalue weighted by atomic mass is 9.94. The van der Waals surface area contributed by atoms with Crippen LogP contribution >= 0.6 is 0 Å². The molecule has 0 unspecified atom stereocenters. The van der Waals surface area contributed by atoms with E-state index in [0.717, 1.165) is 6.42 Å². The van der Waals surface area contributed by atoms with Gasteiger partial charge in [0.25, 0.3) is 0 Å². The third kappa shape index (κ3) is 2.35. The Morgan fingerprint density at radius 1 is 1.25 bits per heavy atom. The van der Waals surface area contributed by atoms with Crippen LogP contribution in [0.4, 0.5) is 0 Å². The van der Waals surface area contributed by atoms with Crippen molar-refractivity contribution in [1.82, 2.24) is 0 Å². The van der Waals surface area contributed by atoms with Crippen LogP contribution < -0.4 is 5.73 Å². The van der Waals surface area contributed by atoms with Crippen LogP contribution in [-0.4, -0.2) is 5.54 Å². The van der Waals surface area contributed by atoms with Gasteiger partial charge < -0.3 is 5.73 Å². The Morgan fingerprint density at radius 2 is 1.92 bits per heavy atom. The molecule has 0 spiro atoms. The third-order valence-electron chi connectivity index (χ3n) is 2.05. The van der Waals surface area contributed by atoms with Gasteiger partial charge >= 0.3 is 0 Å². The summed E-state index contributed by atoms with van der Waals surface area (Å²) in [5, 5.41) is 0. The van der Waals surface area contributed by atoms with Crippen LogP contribution in [0.25, 0.3) is 0 Å². The van der Waals surface area contributed by atoms with Crippen molar-refractivity contribution in [3.8, 4) is 0 Å². The fourth-order valence-corrected chi connectivity index (χ4v) is 1.21. The maximum absolute atomic E-state index is 5.98. The van der Waals surface area contributed by atoms with Gasteiger partial charge in [-0.3, -0.25) is 0 Å². The van der Waals surface area contributed by atoms with Crippen LogP contribution in [0.3, 0.4) is 0 Å². The molecule has 0 aromatic rings. The van der Waals surface area contributed by atoms with Crippen molar-refractivity contribution < 1.29 is 0 Å². The molecule has 66 valence electrons. The van der Waals surface area contributed by atoms with Gasteiger partial charge in [-0.25, -0.2) is 0 Å². The standard InChI is InChI=1S/C11H17N/c1-9-5-4-6-10(8-7-9)11(2,3)12/h5-8H,4,12H2,1-3H3. The predicted octanol–water partition coefficient (Wildman–Crippen LogP) is 2.56. The molecule has 1 nitrogen and oxygen atoms in total. The van der Waals surface area contributed by atoms with E-state index in [1.807, 2.05) is 13.8 Å². The first kappa shape index (κ1) is 9.27. The maximum atomic E-state index is 5.98. The van der Waals surface area contributed by atoms with Crippen molar-refractivity contribution in [3.63, 3.8) is 0 Å². The lowest BCUT2D eigenvalue weighted by Gasteiger charge is -2.19. The van der Waals surface area contributed by atoms with Crippen molar-refractivity contribution in [2.75, 3.05) is 0 Å². The highest BCUT2D eigenvalue weighted by molar-refractivity contribution is 5.36. The molecular weight excluding hydrogens is 146 g/mol. The third-order valence-corrected chi connectivity index (χ3v) is 2.05. The van der Waals surface area contributed by atoms with Crippen molar-refractivity contribution in [3.05, 3.63) is 35.5 Å². The average molecular weight is 163 g/mol. The van der Waals surface area contributed by atoms with Crippen molar-refractivity contribution in [1.29, 1.82) is 0 Å². The molecule has 2 N–H and O–H groups in total. The Bertz CT molecular complexity index is 249. The number of allylic oxidation sites excluding steroid dienone is 4. The minimum atomic E-state index is -0.213. The lowest BCUT2D eigenvalue weighted by molar-refractivity contribution is 0.624. The first-order valence-electron chi connectivity index (χ1n) is 4.34. The summed E-state index contributed by atoms with van der Waals surface area (Å²) in [6.07, 6.45) is 9.61. The number of nitrogens with two attached hydrogens (primary N) is 1. The summed E-state index contributed by atoms with van der Waals surface area (Å²) in [5.74, 6) is 0. The number of rotatable bonds is 1. The van der Waals surface area contributed by atoms with Crippen molar-refractivity contribution >= 4 is 0 Å². The van der Waals surface area contributed by atoms with Crippen molar-refractivity contribution in [2.24, 2.45) is 5.73 Å². The van der Waals surface area contributed by atoms with Crippen LogP contribution in [0.2, 0.25) is 0 Å². The Hall–Kier alpha value is -0.820. The molecule has 0 bridgehead atoms. The molecule has 0 saturated heterocycles. The fourth-order valence-electron chi connectivity index (χ4n) is 1.21. The molecule has 1 rings (SSSR count). The topological polar surface area (TPSA) is 26.0 Å². The lowest BCUT2D eigenvalue weighted by Crippen LogP contribution is -2.33. The summed E-state index contributed by atoms with van der Waals surface area (Å²) < 4.78 is 0. The Labute approximate surface area is 74.7 Å². The second-order valence-electron chi connectivity index (χ2n) is 3.90. The van der Waals surface area contributed by atoms with Gasteiger partial charge in [-0.2, -0.15) is 0 Å². The normalized spacial score (nSPS) is 18.3. The zero-order valence-electron chi connectivity index (χ0n) is 8.09. The quantitative estimate of drug-likeness (QED) is 0.631. The van der Waals surface area contributed by atoms with Gasteiger partial charge in [0.2, 0.25) is 0 Å². The molecule has 12 heavy (non-hydrogen) atoms. The molecule has 0 saturated carbocycles. The van der Waals surface area contributed by atoms with E-state index in [4.69, 9.17) is 5.73 Å². The fraction of sp³-hybridized carbons (Fsp3) is 0.455. The monoisotopic (exact) mass is 163 g/mol. The highest BCUT2D eigenvalue weighted by Crippen LogP contribution is 2.18. The van der Waals surface area contributed by atoms with Gasteiger partial charge in [-0.1, -0.05) is 29.9 Å². The number of hydrogen-bond acceptors (Lipinski definition) is 1. The van der Waals surface area contributed by atoms with Gasteiger partial charge in [0.1, 0.15) is 0 Å². The van der Waals surface area contributed by atoms with Crippen LogP contribution in [0.5, 0.6) is 0 Å². The van der Waals surface area contributed by atoms with E-state index in [-0.39, 0.29) is 5.54 Å². The molecular formula is C11H17N. The highest BCUT2D eigenvalue weighted by atomic mass is 14.7. The van der Waals surface area contributed by atoms with Crippen LogP contribution in [0.1, 0.15) is 27.2 Å². The zero-order valence-corrected chi connectivity index (χ0v) is 8.09. The maximum Gasteiger partial charge on any atom is 0.0349 e. The first-order valence-corrected chi connectivity index (χ1v) is 4.34. The first-order chi connectivity index (χ1) is 5.50. The molecule has 0 aliphatic heterocycles. The second-order valence-corrected chi connectivity index (χ2v) is 3.90. The summed E-state index contributed by atoms with van der Waals surface area (Å²) in [7, 11) is 0. The molecule has 0 atom stereocenters. The van der Waals surface area contributed by atoms with E-state index in [1.54, 1.807) is 0 Å². The molecule has 1 heteroatoms. The molecule has 0 amide bonds. The van der Waals surface area contributed by atoms with Crippen molar-refractivity contribution in [2.45, 2.75) is 32.7 Å². The molecule has 1 aliphatic rings. The largest absolute Gasteiger partial charge is 0.322 e.